The van der Waals surface area contributed by atoms with Crippen LogP contribution >= 0.6 is 0 Å². The van der Waals surface area contributed by atoms with Gasteiger partial charge in [-0.05, 0) is 85.9 Å². The number of aliphatic hydroxyl groups is 2. The van der Waals surface area contributed by atoms with Crippen LogP contribution in [0.5, 0.6) is 0 Å². The molecule has 0 amide bonds. The van der Waals surface area contributed by atoms with Gasteiger partial charge in [-0.3, -0.25) is 4.55 Å². The molecule has 4 fully saturated rings. The van der Waals surface area contributed by atoms with Gasteiger partial charge < -0.3 is 10.2 Å². The summed E-state index contributed by atoms with van der Waals surface area (Å²) in [5.41, 5.74) is -1.57. The van der Waals surface area contributed by atoms with Crippen molar-refractivity contribution in [1.29, 1.82) is 0 Å². The van der Waals surface area contributed by atoms with E-state index in [2.05, 4.69) is 34.6 Å². The topological polar surface area (TPSA) is 104 Å². The lowest BCUT2D eigenvalue weighted by molar-refractivity contribution is -0.263. The SMILES string of the molecule is CC(C)CCC[C@@H](C)[C@H]1CC[C@H]2[C@@H]3CC(O)C4(O)CC(OS(=O)(=O)O)CC[C@]4(C)[C@H]3CC[C@]12C. The molecular formula is C27H48O6S. The maximum atomic E-state index is 11.8. The summed E-state index contributed by atoms with van der Waals surface area (Å²) in [7, 11) is -4.59. The fraction of sp³-hybridized carbons (Fsp3) is 1.00. The van der Waals surface area contributed by atoms with Gasteiger partial charge in [-0.25, -0.2) is 4.18 Å². The average Bonchev–Trinajstić information content (AvgIpc) is 3.06. The van der Waals surface area contributed by atoms with E-state index in [1.807, 2.05) is 0 Å². The summed E-state index contributed by atoms with van der Waals surface area (Å²) in [4.78, 5) is 0. The Hall–Kier alpha value is -0.210. The first kappa shape index (κ1) is 26.8. The highest BCUT2D eigenvalue weighted by Crippen LogP contribution is 2.69. The Morgan fingerprint density at radius 3 is 2.35 bits per heavy atom. The number of hydrogen-bond acceptors (Lipinski definition) is 5. The zero-order valence-electron chi connectivity index (χ0n) is 21.9. The van der Waals surface area contributed by atoms with Gasteiger partial charge in [0.25, 0.3) is 0 Å². The largest absolute Gasteiger partial charge is 0.397 e. The molecule has 34 heavy (non-hydrogen) atoms. The van der Waals surface area contributed by atoms with Crippen LogP contribution in [0, 0.1) is 46.3 Å². The molecule has 3 N–H and O–H groups in total. The third kappa shape index (κ3) is 4.51. The number of aliphatic hydroxyl groups excluding tert-OH is 1. The minimum absolute atomic E-state index is 0.0467. The van der Waals surface area contributed by atoms with E-state index in [0.717, 1.165) is 24.2 Å². The first-order valence-corrected chi connectivity index (χ1v) is 15.1. The van der Waals surface area contributed by atoms with Crippen LogP contribution in [0.2, 0.25) is 0 Å². The third-order valence-electron chi connectivity index (χ3n) is 11.3. The van der Waals surface area contributed by atoms with E-state index in [0.29, 0.717) is 42.4 Å². The van der Waals surface area contributed by atoms with E-state index >= 15 is 0 Å². The summed E-state index contributed by atoms with van der Waals surface area (Å²) < 4.78 is 36.6. The Morgan fingerprint density at radius 1 is 1.00 bits per heavy atom. The zero-order valence-corrected chi connectivity index (χ0v) is 22.7. The molecule has 0 spiro atoms. The normalized spacial score (nSPS) is 47.7. The van der Waals surface area contributed by atoms with Crippen LogP contribution in [0.25, 0.3) is 0 Å². The molecule has 4 saturated carbocycles. The molecule has 0 radical (unpaired) electrons. The predicted molar refractivity (Wildman–Crippen MR) is 132 cm³/mol. The van der Waals surface area contributed by atoms with E-state index in [-0.39, 0.29) is 6.42 Å². The van der Waals surface area contributed by atoms with E-state index < -0.39 is 33.6 Å². The Labute approximate surface area is 207 Å². The first-order valence-electron chi connectivity index (χ1n) is 13.8. The third-order valence-corrected chi connectivity index (χ3v) is 11.8. The van der Waals surface area contributed by atoms with Gasteiger partial charge in [0.1, 0.15) is 0 Å². The Balaban J connectivity index is 1.52. The van der Waals surface area contributed by atoms with Crippen molar-refractivity contribution in [2.75, 3.05) is 0 Å². The number of hydrogen-bond donors (Lipinski definition) is 3. The highest BCUT2D eigenvalue weighted by Gasteiger charge is 2.67. The van der Waals surface area contributed by atoms with Crippen molar-refractivity contribution < 1.29 is 27.4 Å². The van der Waals surface area contributed by atoms with Crippen LogP contribution in [-0.2, 0) is 14.6 Å². The highest BCUT2D eigenvalue weighted by atomic mass is 32.3. The summed E-state index contributed by atoms with van der Waals surface area (Å²) in [5.74, 6) is 3.50. The van der Waals surface area contributed by atoms with Gasteiger partial charge in [-0.2, -0.15) is 8.42 Å². The van der Waals surface area contributed by atoms with Crippen LogP contribution in [0.3, 0.4) is 0 Å². The number of rotatable bonds is 7. The summed E-state index contributed by atoms with van der Waals surface area (Å²) in [6, 6.07) is 0. The van der Waals surface area contributed by atoms with E-state index in [9.17, 15) is 18.6 Å². The first-order chi connectivity index (χ1) is 15.7. The fourth-order valence-corrected chi connectivity index (χ4v) is 10.0. The molecule has 0 aromatic carbocycles. The van der Waals surface area contributed by atoms with Crippen molar-refractivity contribution in [1.82, 2.24) is 0 Å². The van der Waals surface area contributed by atoms with Gasteiger partial charge in [0.05, 0.1) is 17.8 Å². The summed E-state index contributed by atoms with van der Waals surface area (Å²) in [6.45, 7) is 11.7. The second kappa shape index (κ2) is 9.27. The van der Waals surface area contributed by atoms with E-state index in [4.69, 9.17) is 8.74 Å². The predicted octanol–water partition coefficient (Wildman–Crippen LogP) is 5.38. The second-order valence-corrected chi connectivity index (χ2v) is 14.4. The highest BCUT2D eigenvalue weighted by molar-refractivity contribution is 7.80. The van der Waals surface area contributed by atoms with Crippen molar-refractivity contribution in [2.24, 2.45) is 46.3 Å². The number of fused-ring (bicyclic) bond motifs is 5. The molecule has 4 aliphatic carbocycles. The van der Waals surface area contributed by atoms with Gasteiger partial charge in [0, 0.05) is 11.8 Å². The molecule has 4 aliphatic rings. The minimum atomic E-state index is -4.59. The second-order valence-electron chi connectivity index (χ2n) is 13.4. The summed E-state index contributed by atoms with van der Waals surface area (Å²) >= 11 is 0. The van der Waals surface area contributed by atoms with Gasteiger partial charge in [0.2, 0.25) is 0 Å². The molecule has 198 valence electrons. The quantitative estimate of drug-likeness (QED) is 0.405. The Morgan fingerprint density at radius 2 is 1.71 bits per heavy atom. The lowest BCUT2D eigenvalue weighted by atomic mass is 9.42. The fourth-order valence-electron chi connectivity index (χ4n) is 9.52. The monoisotopic (exact) mass is 500 g/mol. The standard InChI is InChI=1S/C27H48O6S/c1-17(2)7-6-8-18(3)21-9-10-22-20-15-24(28)27(29)16-19(33-34(30,31)32)11-14-26(27,5)23(20)12-13-25(21,22)4/h17-24,28-29H,6-16H2,1-5H3,(H,30,31,32)/t18-,19?,20+,21-,22+,23+,24?,25-,26-,27?/m1/s1. The van der Waals surface area contributed by atoms with Crippen molar-refractivity contribution in [3.05, 3.63) is 0 Å². The molecule has 3 unspecified atom stereocenters. The van der Waals surface area contributed by atoms with Gasteiger partial charge >= 0.3 is 10.4 Å². The van der Waals surface area contributed by atoms with E-state index in [1.54, 1.807) is 0 Å². The van der Waals surface area contributed by atoms with Crippen molar-refractivity contribution >= 4 is 10.4 Å². The lowest BCUT2D eigenvalue weighted by Gasteiger charge is -2.65. The van der Waals surface area contributed by atoms with Crippen LogP contribution in [-0.4, -0.2) is 41.0 Å². The summed E-state index contributed by atoms with van der Waals surface area (Å²) in [6.07, 6.45) is 8.60. The minimum Gasteiger partial charge on any atom is -0.390 e. The van der Waals surface area contributed by atoms with Crippen molar-refractivity contribution in [3.8, 4) is 0 Å². The molecule has 0 aliphatic heterocycles. The van der Waals surface area contributed by atoms with Crippen LogP contribution in [0.4, 0.5) is 0 Å². The van der Waals surface area contributed by atoms with Crippen LogP contribution < -0.4 is 0 Å². The molecular weight excluding hydrogens is 452 g/mol. The molecule has 0 bridgehead atoms. The maximum absolute atomic E-state index is 11.8. The van der Waals surface area contributed by atoms with Gasteiger partial charge in [-0.15, -0.1) is 0 Å². The van der Waals surface area contributed by atoms with Crippen LogP contribution in [0.15, 0.2) is 0 Å². The molecule has 0 aromatic heterocycles. The van der Waals surface area contributed by atoms with Gasteiger partial charge in [0.15, 0.2) is 0 Å². The maximum Gasteiger partial charge on any atom is 0.397 e. The van der Waals surface area contributed by atoms with Crippen molar-refractivity contribution in [2.45, 2.75) is 123 Å². The van der Waals surface area contributed by atoms with Crippen LogP contribution in [0.1, 0.15) is 105 Å². The molecule has 7 heteroatoms. The Kier molecular flexibility index (Phi) is 7.32. The average molecular weight is 501 g/mol. The Bertz CT molecular complexity index is 844. The lowest BCUT2D eigenvalue weighted by Crippen LogP contribution is -2.68. The van der Waals surface area contributed by atoms with E-state index in [1.165, 1.54) is 38.5 Å². The molecule has 0 aromatic rings. The molecule has 10 atom stereocenters. The molecule has 4 rings (SSSR count). The van der Waals surface area contributed by atoms with Crippen molar-refractivity contribution in [3.63, 3.8) is 0 Å². The smallest absolute Gasteiger partial charge is 0.390 e. The molecule has 6 nitrogen and oxygen atoms in total. The molecule has 0 saturated heterocycles. The zero-order chi connectivity index (χ0) is 25.1. The molecule has 0 heterocycles. The van der Waals surface area contributed by atoms with Gasteiger partial charge in [-0.1, -0.05) is 53.9 Å². The summed E-state index contributed by atoms with van der Waals surface area (Å²) in [5, 5.41) is 23.1.